The molecule has 4 rings (SSSR count). The largest absolute Gasteiger partial charge is 0.493 e. The second-order valence-electron chi connectivity index (χ2n) is 8.59. The fourth-order valence-electron chi connectivity index (χ4n) is 4.28. The molecule has 1 N–H and O–H groups in total. The van der Waals surface area contributed by atoms with Gasteiger partial charge in [-0.15, -0.1) is 11.3 Å². The molecule has 39 heavy (non-hydrogen) atoms. The summed E-state index contributed by atoms with van der Waals surface area (Å²) in [5.41, 5.74) is 1.93. The van der Waals surface area contributed by atoms with Crippen molar-refractivity contribution >= 4 is 79.8 Å². The summed E-state index contributed by atoms with van der Waals surface area (Å²) in [6, 6.07) is 3.51. The number of nitrogens with zero attached hydrogens (tertiary/aromatic N) is 1. The molecule has 0 atom stereocenters. The molecule has 1 aliphatic carbocycles. The first-order valence-electron chi connectivity index (χ1n) is 12.2. The van der Waals surface area contributed by atoms with Gasteiger partial charge in [0.25, 0.3) is 11.1 Å². The number of fused-ring (bicyclic) bond motifs is 1. The van der Waals surface area contributed by atoms with Crippen LogP contribution < -0.4 is 14.8 Å². The number of halogens is 1. The highest BCUT2D eigenvalue weighted by Crippen LogP contribution is 2.40. The number of esters is 1. The third kappa shape index (κ3) is 6.49. The number of methoxy groups -OCH3 is 1. The van der Waals surface area contributed by atoms with Crippen molar-refractivity contribution in [1.29, 1.82) is 0 Å². The van der Waals surface area contributed by atoms with Crippen LogP contribution in [-0.2, 0) is 27.2 Å². The van der Waals surface area contributed by atoms with Crippen molar-refractivity contribution in [2.75, 3.05) is 32.2 Å². The van der Waals surface area contributed by atoms with Crippen LogP contribution in [0.1, 0.15) is 46.1 Å². The van der Waals surface area contributed by atoms with Crippen LogP contribution in [0, 0.1) is 3.57 Å². The topological polar surface area (TPSA) is 111 Å². The van der Waals surface area contributed by atoms with Crippen molar-refractivity contribution in [3.8, 4) is 11.5 Å². The standard InChI is InChI=1S/C27H27IN2O7S2/c1-4-10-37-23-17(28)11-15(12-18(23)35-3)13-20-25(32)30(27(34)39-20)14-21(31)29-24-22(26(33)36-5-2)16-8-6-7-9-19(16)38-24/h4,11-13H,1,5-10,14H2,2-3H3,(H,29,31). The van der Waals surface area contributed by atoms with E-state index < -0.39 is 29.6 Å². The minimum Gasteiger partial charge on any atom is -0.493 e. The first-order chi connectivity index (χ1) is 18.8. The Hall–Kier alpha value is -2.84. The van der Waals surface area contributed by atoms with Gasteiger partial charge in [0.15, 0.2) is 11.5 Å². The van der Waals surface area contributed by atoms with Crippen LogP contribution in [0.5, 0.6) is 11.5 Å². The predicted octanol–water partition coefficient (Wildman–Crippen LogP) is 5.66. The summed E-state index contributed by atoms with van der Waals surface area (Å²) in [5.74, 6) is -0.589. The summed E-state index contributed by atoms with van der Waals surface area (Å²) in [5, 5.41) is 2.60. The van der Waals surface area contributed by atoms with Gasteiger partial charge in [-0.2, -0.15) is 0 Å². The molecule has 3 amide bonds. The quantitative estimate of drug-likeness (QED) is 0.148. The van der Waals surface area contributed by atoms with E-state index in [0.29, 0.717) is 34.2 Å². The third-order valence-electron chi connectivity index (χ3n) is 5.97. The van der Waals surface area contributed by atoms with Gasteiger partial charge < -0.3 is 19.5 Å². The molecule has 1 fully saturated rings. The van der Waals surface area contributed by atoms with Crippen molar-refractivity contribution < 1.29 is 33.4 Å². The van der Waals surface area contributed by atoms with Gasteiger partial charge in [-0.25, -0.2) is 4.79 Å². The molecule has 12 heteroatoms. The van der Waals surface area contributed by atoms with E-state index in [9.17, 15) is 19.2 Å². The van der Waals surface area contributed by atoms with Crippen LogP contribution in [0.4, 0.5) is 9.80 Å². The summed E-state index contributed by atoms with van der Waals surface area (Å²) in [6.07, 6.45) is 6.76. The molecule has 2 aromatic rings. The molecule has 9 nitrogen and oxygen atoms in total. The van der Waals surface area contributed by atoms with E-state index in [1.165, 1.54) is 18.4 Å². The molecule has 0 bridgehead atoms. The van der Waals surface area contributed by atoms with E-state index in [0.717, 1.165) is 56.4 Å². The molecule has 0 radical (unpaired) electrons. The number of ether oxygens (including phenoxy) is 3. The van der Waals surface area contributed by atoms with Gasteiger partial charge in [-0.05, 0) is 96.3 Å². The third-order valence-corrected chi connectivity index (χ3v) is 8.89. The van der Waals surface area contributed by atoms with Crippen molar-refractivity contribution in [3.05, 3.63) is 54.8 Å². The van der Waals surface area contributed by atoms with Crippen LogP contribution in [0.25, 0.3) is 6.08 Å². The number of aryl methyl sites for hydroxylation is 1. The second kappa shape index (κ2) is 13.0. The van der Waals surface area contributed by atoms with Crippen LogP contribution in [0.2, 0.25) is 0 Å². The lowest BCUT2D eigenvalue weighted by molar-refractivity contribution is -0.127. The summed E-state index contributed by atoms with van der Waals surface area (Å²) in [4.78, 5) is 53.5. The molecule has 1 aromatic heterocycles. The number of imide groups is 1. The lowest BCUT2D eigenvalue weighted by Gasteiger charge is -2.14. The van der Waals surface area contributed by atoms with Gasteiger partial charge in [0.1, 0.15) is 18.2 Å². The molecule has 0 unspecified atom stereocenters. The highest BCUT2D eigenvalue weighted by Gasteiger charge is 2.37. The summed E-state index contributed by atoms with van der Waals surface area (Å²) >= 11 is 4.21. The fraction of sp³-hybridized carbons (Fsp3) is 0.333. The van der Waals surface area contributed by atoms with Gasteiger partial charge >= 0.3 is 5.97 Å². The molecule has 1 aliphatic heterocycles. The number of carbonyl (C=O) groups is 4. The molecule has 0 saturated carbocycles. The number of amides is 3. The minimum atomic E-state index is -0.572. The lowest BCUT2D eigenvalue weighted by Crippen LogP contribution is -2.36. The Morgan fingerprint density at radius 2 is 2.00 bits per heavy atom. The molecule has 1 aromatic carbocycles. The van der Waals surface area contributed by atoms with E-state index in [2.05, 4.69) is 34.5 Å². The Morgan fingerprint density at radius 3 is 2.72 bits per heavy atom. The first kappa shape index (κ1) is 29.2. The monoisotopic (exact) mass is 682 g/mol. The Kier molecular flexibility index (Phi) is 9.72. The zero-order valence-electron chi connectivity index (χ0n) is 21.5. The highest BCUT2D eigenvalue weighted by atomic mass is 127. The normalized spacial score (nSPS) is 15.8. The second-order valence-corrected chi connectivity index (χ2v) is 11.8. The maximum Gasteiger partial charge on any atom is 0.341 e. The fourth-order valence-corrected chi connectivity index (χ4v) is 7.19. The number of carbonyl (C=O) groups excluding carboxylic acids is 4. The zero-order valence-corrected chi connectivity index (χ0v) is 25.3. The summed E-state index contributed by atoms with van der Waals surface area (Å²) in [6.45, 7) is 5.43. The van der Waals surface area contributed by atoms with Crippen molar-refractivity contribution in [1.82, 2.24) is 4.90 Å². The van der Waals surface area contributed by atoms with Crippen molar-refractivity contribution in [2.24, 2.45) is 0 Å². The molecule has 0 spiro atoms. The zero-order chi connectivity index (χ0) is 28.1. The van der Waals surface area contributed by atoms with Gasteiger partial charge in [-0.3, -0.25) is 19.3 Å². The number of nitrogens with one attached hydrogen (secondary N) is 1. The van der Waals surface area contributed by atoms with Crippen LogP contribution in [0.3, 0.4) is 0 Å². The smallest absolute Gasteiger partial charge is 0.341 e. The highest BCUT2D eigenvalue weighted by molar-refractivity contribution is 14.1. The summed E-state index contributed by atoms with van der Waals surface area (Å²) < 4.78 is 17.1. The average Bonchev–Trinajstić information content (AvgIpc) is 3.39. The number of benzene rings is 1. The number of thioether (sulfide) groups is 1. The Balaban J connectivity index is 1.51. The van der Waals surface area contributed by atoms with Crippen LogP contribution >= 0.6 is 45.7 Å². The molecule has 1 saturated heterocycles. The first-order valence-corrected chi connectivity index (χ1v) is 15.0. The minimum absolute atomic E-state index is 0.184. The predicted molar refractivity (Wildman–Crippen MR) is 160 cm³/mol. The summed E-state index contributed by atoms with van der Waals surface area (Å²) in [7, 11) is 1.51. The van der Waals surface area contributed by atoms with Crippen molar-refractivity contribution in [3.63, 3.8) is 0 Å². The Labute approximate surface area is 248 Å². The number of anilines is 1. The maximum absolute atomic E-state index is 13.1. The number of hydrogen-bond acceptors (Lipinski definition) is 9. The van der Waals surface area contributed by atoms with Gasteiger partial charge in [0.2, 0.25) is 5.91 Å². The Morgan fingerprint density at radius 1 is 1.23 bits per heavy atom. The molecule has 2 heterocycles. The van der Waals surface area contributed by atoms with E-state index >= 15 is 0 Å². The van der Waals surface area contributed by atoms with Crippen LogP contribution in [0.15, 0.2) is 29.7 Å². The molecule has 206 valence electrons. The van der Waals surface area contributed by atoms with E-state index in [1.54, 1.807) is 31.2 Å². The van der Waals surface area contributed by atoms with Gasteiger partial charge in [0, 0.05) is 4.88 Å². The Bertz CT molecular complexity index is 1370. The van der Waals surface area contributed by atoms with Crippen LogP contribution in [-0.4, -0.2) is 54.8 Å². The van der Waals surface area contributed by atoms with Gasteiger partial charge in [0.05, 0.1) is 27.8 Å². The molecule has 2 aliphatic rings. The lowest BCUT2D eigenvalue weighted by atomic mass is 9.95. The SMILES string of the molecule is C=CCOc1c(I)cc(C=C2SC(=O)N(CC(=O)Nc3sc4c(c3C(=O)OCC)CCCC4)C2=O)cc1OC. The van der Waals surface area contributed by atoms with E-state index in [4.69, 9.17) is 14.2 Å². The molecular weight excluding hydrogens is 655 g/mol. The number of hydrogen-bond donors (Lipinski definition) is 1. The number of thiophene rings is 1. The average molecular weight is 683 g/mol. The number of rotatable bonds is 10. The van der Waals surface area contributed by atoms with E-state index in [1.807, 2.05) is 0 Å². The van der Waals surface area contributed by atoms with Gasteiger partial charge in [-0.1, -0.05) is 12.7 Å². The van der Waals surface area contributed by atoms with Crippen molar-refractivity contribution in [2.45, 2.75) is 32.6 Å². The van der Waals surface area contributed by atoms with E-state index in [-0.39, 0.29) is 11.5 Å². The maximum atomic E-state index is 13.1. The molecular formula is C27H27IN2O7S2.